The maximum Gasteiger partial charge on any atom is 0.0269 e. The van der Waals surface area contributed by atoms with E-state index in [1.807, 2.05) is 0 Å². The summed E-state index contributed by atoms with van der Waals surface area (Å²) in [7, 11) is 0. The molecule has 0 amide bonds. The Labute approximate surface area is 148 Å². The summed E-state index contributed by atoms with van der Waals surface area (Å²) in [6, 6.07) is 0. The Kier molecular flexibility index (Phi) is 18.3. The second-order valence-corrected chi connectivity index (χ2v) is 7.32. The second kappa shape index (κ2) is 17.9. The van der Waals surface area contributed by atoms with Crippen molar-refractivity contribution in [1.29, 1.82) is 0 Å². The highest BCUT2D eigenvalue weighted by Crippen LogP contribution is 2.20. The third kappa shape index (κ3) is 13.0. The van der Waals surface area contributed by atoms with Crippen LogP contribution in [0.3, 0.4) is 0 Å². The van der Waals surface area contributed by atoms with Crippen LogP contribution in [0.5, 0.6) is 0 Å². The molecule has 0 aromatic carbocycles. The van der Waals surface area contributed by atoms with Crippen molar-refractivity contribution in [3.8, 4) is 0 Å². The lowest BCUT2D eigenvalue weighted by molar-refractivity contribution is 0.191. The summed E-state index contributed by atoms with van der Waals surface area (Å²) in [5, 5.41) is 0. The number of unbranched alkanes of at least 4 members (excludes halogenated alkanes) is 4. The van der Waals surface area contributed by atoms with E-state index in [0.29, 0.717) is 0 Å². The summed E-state index contributed by atoms with van der Waals surface area (Å²) >= 11 is 3.54. The average molecular weight is 351 g/mol. The zero-order valence-electron chi connectivity index (χ0n) is 15.2. The van der Waals surface area contributed by atoms with Crippen molar-refractivity contribution in [1.82, 2.24) is 18.3 Å². The Balaban J connectivity index is 4.33. The first kappa shape index (κ1) is 22.5. The minimum Gasteiger partial charge on any atom is -0.250 e. The van der Waals surface area contributed by atoms with Crippen LogP contribution in [0, 0.1) is 0 Å². The molecule has 0 aliphatic rings. The highest BCUT2D eigenvalue weighted by atomic mass is 32.2. The third-order valence-corrected chi connectivity index (χ3v) is 5.21. The van der Waals surface area contributed by atoms with Crippen LogP contribution in [0.2, 0.25) is 0 Å². The van der Waals surface area contributed by atoms with Gasteiger partial charge in [0.2, 0.25) is 0 Å². The van der Waals surface area contributed by atoms with Crippen molar-refractivity contribution in [2.45, 2.75) is 79.1 Å². The van der Waals surface area contributed by atoms with Gasteiger partial charge in [-0.3, -0.25) is 0 Å². The van der Waals surface area contributed by atoms with Crippen LogP contribution in [-0.4, -0.2) is 35.0 Å². The molecule has 0 bridgehead atoms. The monoisotopic (exact) mass is 350 g/mol. The molecule has 0 atom stereocenters. The average Bonchev–Trinajstić information content (AvgIpc) is 2.54. The van der Waals surface area contributed by atoms with E-state index in [9.17, 15) is 0 Å². The molecule has 6 heteroatoms. The molecule has 0 aromatic rings. The molecule has 0 aliphatic heterocycles. The predicted octanol–water partition coefficient (Wildman–Crippen LogP) is 5.01. The smallest absolute Gasteiger partial charge is 0.0269 e. The van der Waals surface area contributed by atoms with Crippen molar-refractivity contribution in [3.63, 3.8) is 0 Å². The first-order valence-electron chi connectivity index (χ1n) is 9.14. The van der Waals surface area contributed by atoms with Crippen LogP contribution >= 0.6 is 24.3 Å². The van der Waals surface area contributed by atoms with Crippen molar-refractivity contribution < 1.29 is 0 Å². The van der Waals surface area contributed by atoms with Crippen LogP contribution < -0.4 is 9.44 Å². The first-order valence-corrected chi connectivity index (χ1v) is 10.7. The number of hydrazine groups is 1. The number of nitrogens with one attached hydrogen (secondary N) is 2. The van der Waals surface area contributed by atoms with Gasteiger partial charge >= 0.3 is 0 Å². The maximum absolute atomic E-state index is 3.51. The molecule has 0 saturated carbocycles. The molecular formula is C16H38N4S2. The third-order valence-electron chi connectivity index (χ3n) is 3.26. The molecule has 0 unspecified atom stereocenters. The fraction of sp³-hybridized carbons (Fsp3) is 1.00. The van der Waals surface area contributed by atoms with Gasteiger partial charge < -0.3 is 0 Å². The van der Waals surface area contributed by atoms with Gasteiger partial charge in [0.25, 0.3) is 0 Å². The molecule has 0 aromatic heterocycles. The van der Waals surface area contributed by atoms with Crippen molar-refractivity contribution in [2.24, 2.45) is 0 Å². The van der Waals surface area contributed by atoms with Crippen molar-refractivity contribution in [3.05, 3.63) is 0 Å². The Morgan fingerprint density at radius 2 is 0.955 bits per heavy atom. The summed E-state index contributed by atoms with van der Waals surface area (Å²) < 4.78 is 11.8. The second-order valence-electron chi connectivity index (χ2n) is 5.54. The fourth-order valence-electron chi connectivity index (χ4n) is 1.73. The van der Waals surface area contributed by atoms with E-state index in [1.54, 1.807) is 24.3 Å². The molecule has 4 nitrogen and oxygen atoms in total. The lowest BCUT2D eigenvalue weighted by Gasteiger charge is -2.32. The summed E-state index contributed by atoms with van der Waals surface area (Å²) in [5.74, 6) is 0. The van der Waals surface area contributed by atoms with Crippen LogP contribution in [0.25, 0.3) is 0 Å². The predicted molar refractivity (Wildman–Crippen MR) is 104 cm³/mol. The molecule has 22 heavy (non-hydrogen) atoms. The molecule has 0 radical (unpaired) electrons. The number of rotatable bonds is 17. The quantitative estimate of drug-likeness (QED) is 0.218. The summed E-state index contributed by atoms with van der Waals surface area (Å²) in [4.78, 5) is 0. The largest absolute Gasteiger partial charge is 0.250 e. The normalized spacial score (nSPS) is 11.7. The van der Waals surface area contributed by atoms with Crippen LogP contribution in [-0.2, 0) is 0 Å². The Bertz CT molecular complexity index is 198. The van der Waals surface area contributed by atoms with Crippen molar-refractivity contribution >= 4 is 24.3 Å². The minimum atomic E-state index is 1.08. The van der Waals surface area contributed by atoms with Crippen LogP contribution in [0.1, 0.15) is 79.1 Å². The van der Waals surface area contributed by atoms with E-state index < -0.39 is 0 Å². The fourth-order valence-corrected chi connectivity index (χ4v) is 3.49. The number of hydrogen-bond donors (Lipinski definition) is 2. The number of nitrogens with zero attached hydrogens (tertiary/aromatic N) is 2. The Morgan fingerprint density at radius 1 is 0.591 bits per heavy atom. The van der Waals surface area contributed by atoms with E-state index in [4.69, 9.17) is 0 Å². The topological polar surface area (TPSA) is 30.5 Å². The molecule has 0 rings (SSSR count). The molecule has 0 heterocycles. The first-order chi connectivity index (χ1) is 10.8. The molecule has 0 fully saturated rings. The highest BCUT2D eigenvalue weighted by molar-refractivity contribution is 7.97. The zero-order chi connectivity index (χ0) is 16.5. The standard InChI is InChI=1S/C16H38N4S2/c1-5-9-13-17-21-19(15-11-7-3)20(16-12-8-4)22-18-14-10-6-2/h17-18H,5-16H2,1-4H3. The van der Waals surface area contributed by atoms with Crippen molar-refractivity contribution in [2.75, 3.05) is 26.2 Å². The molecule has 0 spiro atoms. The molecule has 0 saturated heterocycles. The van der Waals surface area contributed by atoms with E-state index in [-0.39, 0.29) is 0 Å². The Morgan fingerprint density at radius 3 is 1.27 bits per heavy atom. The van der Waals surface area contributed by atoms with Crippen LogP contribution in [0.15, 0.2) is 0 Å². The Hall–Kier alpha value is 0.540. The molecular weight excluding hydrogens is 312 g/mol. The van der Waals surface area contributed by atoms with Gasteiger partial charge in [-0.2, -0.15) is 8.83 Å². The van der Waals surface area contributed by atoms with E-state index in [1.165, 1.54) is 51.4 Å². The maximum atomic E-state index is 3.51. The van der Waals surface area contributed by atoms with E-state index in [2.05, 4.69) is 46.0 Å². The summed E-state index contributed by atoms with van der Waals surface area (Å²) in [6.45, 7) is 13.4. The van der Waals surface area contributed by atoms with Gasteiger partial charge in [-0.15, -0.1) is 0 Å². The highest BCUT2D eigenvalue weighted by Gasteiger charge is 2.16. The molecule has 134 valence electrons. The molecule has 0 aliphatic carbocycles. The van der Waals surface area contributed by atoms with Gasteiger partial charge in [0.05, 0.1) is 0 Å². The molecule has 2 N–H and O–H groups in total. The number of hydrogen-bond acceptors (Lipinski definition) is 6. The SMILES string of the molecule is CCCCNSN(CCCC)N(CCCC)SNCCCC. The van der Waals surface area contributed by atoms with E-state index >= 15 is 0 Å². The zero-order valence-corrected chi connectivity index (χ0v) is 16.8. The van der Waals surface area contributed by atoms with E-state index in [0.717, 1.165) is 26.2 Å². The minimum absolute atomic E-state index is 1.08. The van der Waals surface area contributed by atoms with Gasteiger partial charge in [-0.1, -0.05) is 53.4 Å². The summed E-state index contributed by atoms with van der Waals surface area (Å²) in [5.41, 5.74) is 0. The van der Waals surface area contributed by atoms with Gasteiger partial charge in [0.15, 0.2) is 0 Å². The lowest BCUT2D eigenvalue weighted by Crippen LogP contribution is -2.38. The van der Waals surface area contributed by atoms with Gasteiger partial charge in [0, 0.05) is 50.4 Å². The van der Waals surface area contributed by atoms with Gasteiger partial charge in [-0.05, 0) is 25.7 Å². The van der Waals surface area contributed by atoms with Crippen LogP contribution in [0.4, 0.5) is 0 Å². The summed E-state index contributed by atoms with van der Waals surface area (Å²) in [6.07, 6.45) is 9.92. The van der Waals surface area contributed by atoms with Gasteiger partial charge in [0.1, 0.15) is 0 Å². The van der Waals surface area contributed by atoms with Gasteiger partial charge in [-0.25, -0.2) is 9.44 Å². The lowest BCUT2D eigenvalue weighted by atomic mass is 10.3.